The first-order chi connectivity index (χ1) is 12.8. The Kier molecular flexibility index (Phi) is 5.97. The molecule has 2 aromatic rings. The molecule has 0 amide bonds. The molecule has 1 aliphatic heterocycles. The van der Waals surface area contributed by atoms with Crippen molar-refractivity contribution in [1.29, 1.82) is 0 Å². The van der Waals surface area contributed by atoms with E-state index in [4.69, 9.17) is 4.74 Å². The van der Waals surface area contributed by atoms with Crippen molar-refractivity contribution in [3.63, 3.8) is 0 Å². The lowest BCUT2D eigenvalue weighted by Crippen LogP contribution is -2.41. The monoisotopic (exact) mass is 387 g/mol. The van der Waals surface area contributed by atoms with E-state index in [1.807, 2.05) is 62.4 Å². The van der Waals surface area contributed by atoms with Crippen LogP contribution in [-0.2, 0) is 20.6 Å². The Morgan fingerprint density at radius 2 is 1.63 bits per heavy atom. The zero-order valence-corrected chi connectivity index (χ0v) is 16.5. The molecule has 0 saturated carbocycles. The van der Waals surface area contributed by atoms with Crippen molar-refractivity contribution in [3.8, 4) is 5.75 Å². The number of aryl methyl sites for hydroxylation is 2. The summed E-state index contributed by atoms with van der Waals surface area (Å²) in [6.07, 6.45) is 0.968. The molecule has 0 radical (unpaired) electrons. The predicted molar refractivity (Wildman–Crippen MR) is 105 cm³/mol. The van der Waals surface area contributed by atoms with E-state index in [9.17, 15) is 13.2 Å². The molecule has 6 heteroatoms. The molecule has 0 aliphatic carbocycles. The molecule has 144 valence electrons. The normalized spacial score (nSPS) is 16.2. The summed E-state index contributed by atoms with van der Waals surface area (Å²) in [6.45, 7) is 4.62. The minimum absolute atomic E-state index is 0.00841. The molecular weight excluding hydrogens is 362 g/mol. The van der Waals surface area contributed by atoms with E-state index in [1.54, 1.807) is 0 Å². The van der Waals surface area contributed by atoms with Crippen LogP contribution in [0.15, 0.2) is 48.5 Å². The maximum Gasteiger partial charge on any atom is 0.314 e. The molecule has 2 aromatic carbocycles. The number of esters is 1. The number of carbonyl (C=O) groups excluding carboxylic acids is 1. The van der Waals surface area contributed by atoms with E-state index >= 15 is 0 Å². The summed E-state index contributed by atoms with van der Waals surface area (Å²) < 4.78 is 32.2. The van der Waals surface area contributed by atoms with Gasteiger partial charge in [-0.25, -0.2) is 12.7 Å². The van der Waals surface area contributed by atoms with Gasteiger partial charge < -0.3 is 4.74 Å². The highest BCUT2D eigenvalue weighted by Crippen LogP contribution is 2.24. The summed E-state index contributed by atoms with van der Waals surface area (Å²) in [4.78, 5) is 12.4. The lowest BCUT2D eigenvalue weighted by Gasteiger charge is -2.30. The SMILES string of the molecule is Cc1cc(C)cc(OC(=O)C2CCN(S(=O)(=O)Cc3ccccc3)CC2)c1. The van der Waals surface area contributed by atoms with Crippen LogP contribution in [0.1, 0.15) is 29.5 Å². The Labute approximate surface area is 161 Å². The van der Waals surface area contributed by atoms with Crippen LogP contribution in [0.25, 0.3) is 0 Å². The van der Waals surface area contributed by atoms with Crippen LogP contribution in [0.3, 0.4) is 0 Å². The third kappa shape index (κ3) is 5.17. The quantitative estimate of drug-likeness (QED) is 0.582. The van der Waals surface area contributed by atoms with Gasteiger partial charge in [-0.1, -0.05) is 36.4 Å². The molecular formula is C21H25NO4S. The van der Waals surface area contributed by atoms with E-state index in [2.05, 4.69) is 0 Å². The first-order valence-electron chi connectivity index (χ1n) is 9.15. The number of hydrogen-bond acceptors (Lipinski definition) is 4. The fourth-order valence-electron chi connectivity index (χ4n) is 3.44. The van der Waals surface area contributed by atoms with Crippen molar-refractivity contribution in [2.75, 3.05) is 13.1 Å². The number of sulfonamides is 1. The summed E-state index contributed by atoms with van der Waals surface area (Å²) >= 11 is 0. The summed E-state index contributed by atoms with van der Waals surface area (Å²) in [5, 5.41) is 0. The smallest absolute Gasteiger partial charge is 0.314 e. The summed E-state index contributed by atoms with van der Waals surface area (Å²) in [7, 11) is -3.37. The Morgan fingerprint density at radius 1 is 1.04 bits per heavy atom. The minimum atomic E-state index is -3.37. The van der Waals surface area contributed by atoms with Crippen molar-refractivity contribution in [2.45, 2.75) is 32.4 Å². The highest BCUT2D eigenvalue weighted by atomic mass is 32.2. The summed E-state index contributed by atoms with van der Waals surface area (Å²) in [6, 6.07) is 14.8. The van der Waals surface area contributed by atoms with Crippen molar-refractivity contribution >= 4 is 16.0 Å². The molecule has 27 heavy (non-hydrogen) atoms. The molecule has 0 spiro atoms. The average molecular weight is 388 g/mol. The third-order valence-electron chi connectivity index (χ3n) is 4.79. The van der Waals surface area contributed by atoms with E-state index in [0.717, 1.165) is 16.7 Å². The predicted octanol–water partition coefficient (Wildman–Crippen LogP) is 3.45. The van der Waals surface area contributed by atoms with Gasteiger partial charge in [-0.15, -0.1) is 0 Å². The van der Waals surface area contributed by atoms with Gasteiger partial charge in [-0.05, 0) is 55.5 Å². The molecule has 0 aromatic heterocycles. The van der Waals surface area contributed by atoms with Crippen LogP contribution in [0, 0.1) is 19.8 Å². The Bertz CT molecular complexity index is 881. The van der Waals surface area contributed by atoms with Crippen molar-refractivity contribution < 1.29 is 17.9 Å². The number of nitrogens with zero attached hydrogens (tertiary/aromatic N) is 1. The van der Waals surface area contributed by atoms with E-state index in [0.29, 0.717) is 31.7 Å². The van der Waals surface area contributed by atoms with E-state index < -0.39 is 10.0 Å². The largest absolute Gasteiger partial charge is 0.426 e. The summed E-state index contributed by atoms with van der Waals surface area (Å²) in [5.41, 5.74) is 2.85. The van der Waals surface area contributed by atoms with Crippen molar-refractivity contribution in [2.24, 2.45) is 5.92 Å². The maximum absolute atomic E-state index is 12.6. The molecule has 0 N–H and O–H groups in total. The lowest BCUT2D eigenvalue weighted by molar-refractivity contribution is -0.140. The minimum Gasteiger partial charge on any atom is -0.426 e. The first kappa shape index (κ1) is 19.6. The standard InChI is InChI=1S/C21H25NO4S/c1-16-12-17(2)14-20(13-16)26-21(23)19-8-10-22(11-9-19)27(24,25)15-18-6-4-3-5-7-18/h3-7,12-14,19H,8-11,15H2,1-2H3. The molecule has 3 rings (SSSR count). The van der Waals surface area contributed by atoms with Crippen LogP contribution < -0.4 is 4.74 Å². The molecule has 1 aliphatic rings. The van der Waals surface area contributed by atoms with Gasteiger partial charge >= 0.3 is 5.97 Å². The van der Waals surface area contributed by atoms with Gasteiger partial charge in [0.05, 0.1) is 11.7 Å². The zero-order chi connectivity index (χ0) is 19.4. The zero-order valence-electron chi connectivity index (χ0n) is 15.7. The van der Waals surface area contributed by atoms with E-state index in [1.165, 1.54) is 4.31 Å². The van der Waals surface area contributed by atoms with Crippen LogP contribution in [0.4, 0.5) is 0 Å². The first-order valence-corrected chi connectivity index (χ1v) is 10.8. The summed E-state index contributed by atoms with van der Waals surface area (Å²) in [5.74, 6) is -0.00311. The van der Waals surface area contributed by atoms with Gasteiger partial charge in [0.1, 0.15) is 5.75 Å². The second-order valence-corrected chi connectivity index (χ2v) is 9.13. The molecule has 5 nitrogen and oxygen atoms in total. The Balaban J connectivity index is 1.57. The van der Waals surface area contributed by atoms with Crippen LogP contribution in [-0.4, -0.2) is 31.8 Å². The van der Waals surface area contributed by atoms with E-state index in [-0.39, 0.29) is 17.6 Å². The number of carbonyl (C=O) groups is 1. The average Bonchev–Trinajstić information content (AvgIpc) is 2.61. The molecule has 0 unspecified atom stereocenters. The van der Waals surface area contributed by atoms with Crippen LogP contribution in [0.5, 0.6) is 5.75 Å². The fraction of sp³-hybridized carbons (Fsp3) is 0.381. The molecule has 1 heterocycles. The second kappa shape index (κ2) is 8.23. The number of rotatable bonds is 5. The highest BCUT2D eigenvalue weighted by Gasteiger charge is 2.32. The topological polar surface area (TPSA) is 63.7 Å². The van der Waals surface area contributed by atoms with Crippen LogP contribution in [0.2, 0.25) is 0 Å². The molecule has 1 fully saturated rings. The van der Waals surface area contributed by atoms with Crippen LogP contribution >= 0.6 is 0 Å². The number of benzene rings is 2. The van der Waals surface area contributed by atoms with Crippen molar-refractivity contribution in [1.82, 2.24) is 4.31 Å². The lowest BCUT2D eigenvalue weighted by atomic mass is 9.98. The molecule has 1 saturated heterocycles. The van der Waals surface area contributed by atoms with Gasteiger partial charge in [-0.3, -0.25) is 4.79 Å². The third-order valence-corrected chi connectivity index (χ3v) is 6.64. The Hall–Kier alpha value is -2.18. The van der Waals surface area contributed by atoms with Gasteiger partial charge in [0.25, 0.3) is 0 Å². The molecule has 0 atom stereocenters. The second-order valence-electron chi connectivity index (χ2n) is 7.16. The van der Waals surface area contributed by atoms with Crippen molar-refractivity contribution in [3.05, 3.63) is 65.2 Å². The number of piperidine rings is 1. The maximum atomic E-state index is 12.6. The van der Waals surface area contributed by atoms with Gasteiger partial charge in [0.2, 0.25) is 10.0 Å². The number of hydrogen-bond donors (Lipinski definition) is 0. The Morgan fingerprint density at radius 3 is 2.22 bits per heavy atom. The van der Waals surface area contributed by atoms with Gasteiger partial charge in [-0.2, -0.15) is 0 Å². The fourth-order valence-corrected chi connectivity index (χ4v) is 5.00. The van der Waals surface area contributed by atoms with Gasteiger partial charge in [0, 0.05) is 13.1 Å². The highest BCUT2D eigenvalue weighted by molar-refractivity contribution is 7.88. The number of ether oxygens (including phenoxy) is 1. The van der Waals surface area contributed by atoms with Gasteiger partial charge in [0.15, 0.2) is 0 Å². The molecule has 0 bridgehead atoms.